The summed E-state index contributed by atoms with van der Waals surface area (Å²) in [6.45, 7) is 5.25. The maximum atomic E-state index is 13.2. The molecule has 2 aliphatic rings. The van der Waals surface area contributed by atoms with Gasteiger partial charge in [-0.25, -0.2) is 14.6 Å². The molecule has 2 aliphatic heterocycles. The molecule has 1 saturated heterocycles. The highest BCUT2D eigenvalue weighted by atomic mass is 16.2. The number of hydrogen-bond donors (Lipinski definition) is 1. The zero-order valence-electron chi connectivity index (χ0n) is 22.9. The van der Waals surface area contributed by atoms with Crippen molar-refractivity contribution >= 4 is 40.5 Å². The van der Waals surface area contributed by atoms with Crippen LogP contribution in [-0.2, 0) is 4.79 Å². The second-order valence-corrected chi connectivity index (χ2v) is 9.08. The normalized spacial score (nSPS) is 14.7. The summed E-state index contributed by atoms with van der Waals surface area (Å²) in [6.07, 6.45) is 13.0. The van der Waals surface area contributed by atoms with E-state index in [0.29, 0.717) is 41.2 Å². The van der Waals surface area contributed by atoms with Crippen molar-refractivity contribution in [3.05, 3.63) is 90.2 Å². The largest absolute Gasteiger partial charge is 0.356 e. The average Bonchev–Trinajstić information content (AvgIpc) is 3.62. The molecule has 208 valence electrons. The third-order valence-corrected chi connectivity index (χ3v) is 6.69. The van der Waals surface area contributed by atoms with Crippen LogP contribution in [0.15, 0.2) is 78.3 Å². The van der Waals surface area contributed by atoms with Crippen LogP contribution >= 0.6 is 0 Å². The Balaban J connectivity index is 0.00000165. The highest BCUT2D eigenvalue weighted by molar-refractivity contribution is 6.44. The minimum Gasteiger partial charge on any atom is -0.356 e. The summed E-state index contributed by atoms with van der Waals surface area (Å²) in [7, 11) is 0. The van der Waals surface area contributed by atoms with Gasteiger partial charge in [-0.15, -0.1) is 0 Å². The summed E-state index contributed by atoms with van der Waals surface area (Å²) in [5.41, 5.74) is 2.99. The molecular weight excluding hydrogens is 520 g/mol. The summed E-state index contributed by atoms with van der Waals surface area (Å²) in [4.78, 5) is 58.4. The van der Waals surface area contributed by atoms with Gasteiger partial charge in [0.15, 0.2) is 5.82 Å². The van der Waals surface area contributed by atoms with Crippen molar-refractivity contribution in [3.63, 3.8) is 0 Å². The van der Waals surface area contributed by atoms with Crippen LogP contribution in [0.1, 0.15) is 46.7 Å². The topological polar surface area (TPSA) is 129 Å². The van der Waals surface area contributed by atoms with Crippen LogP contribution < -0.4 is 0 Å². The molecule has 1 fully saturated rings. The van der Waals surface area contributed by atoms with E-state index >= 15 is 0 Å². The number of ketones is 1. The predicted molar refractivity (Wildman–Crippen MR) is 156 cm³/mol. The lowest BCUT2D eigenvalue weighted by Gasteiger charge is -2.34. The first-order chi connectivity index (χ1) is 20.1. The van der Waals surface area contributed by atoms with E-state index in [-0.39, 0.29) is 24.6 Å². The number of Topliss-reactive ketones (excluding diaryl/α,β-unsaturated/α-hetero) is 1. The van der Waals surface area contributed by atoms with Gasteiger partial charge < -0.3 is 14.8 Å². The van der Waals surface area contributed by atoms with Gasteiger partial charge in [-0.2, -0.15) is 5.10 Å². The number of aromatic amines is 1. The van der Waals surface area contributed by atoms with E-state index in [9.17, 15) is 14.4 Å². The van der Waals surface area contributed by atoms with Crippen molar-refractivity contribution in [2.45, 2.75) is 20.3 Å². The van der Waals surface area contributed by atoms with Gasteiger partial charge in [-0.05, 0) is 24.3 Å². The van der Waals surface area contributed by atoms with Crippen molar-refractivity contribution < 1.29 is 14.4 Å². The Morgan fingerprint density at radius 1 is 0.927 bits per heavy atom. The SMILES string of the molecule is CC.O=C(C(=O)N1CCN(C(=O)c2ccccc2)CC1)c1c[nH]c2c(-n3ccc(C4=CC=CCC=N4)n3)ncnc12. The molecule has 0 atom stereocenters. The predicted octanol–water partition coefficient (Wildman–Crippen LogP) is 3.71. The zero-order chi connectivity index (χ0) is 28.8. The number of rotatable bonds is 5. The third kappa shape index (κ3) is 5.60. The maximum absolute atomic E-state index is 13.2. The summed E-state index contributed by atoms with van der Waals surface area (Å²) >= 11 is 0. The summed E-state index contributed by atoms with van der Waals surface area (Å²) in [5, 5.41) is 4.60. The smallest absolute Gasteiger partial charge is 0.295 e. The highest BCUT2D eigenvalue weighted by Crippen LogP contribution is 2.23. The molecule has 1 aromatic carbocycles. The molecular formula is C30H30N8O3. The average molecular weight is 551 g/mol. The van der Waals surface area contributed by atoms with Gasteiger partial charge in [0, 0.05) is 56.8 Å². The van der Waals surface area contributed by atoms with Crippen molar-refractivity contribution in [3.8, 4) is 5.82 Å². The van der Waals surface area contributed by atoms with E-state index in [0.717, 1.165) is 12.1 Å². The molecule has 0 bridgehead atoms. The number of carbonyl (C=O) groups excluding carboxylic acids is 3. The molecule has 0 radical (unpaired) electrons. The van der Waals surface area contributed by atoms with Gasteiger partial charge in [0.1, 0.15) is 23.1 Å². The van der Waals surface area contributed by atoms with E-state index in [4.69, 9.17) is 0 Å². The molecule has 11 heteroatoms. The number of aliphatic imine (C=N–C) groups is 1. The van der Waals surface area contributed by atoms with Crippen LogP contribution in [0, 0.1) is 0 Å². The molecule has 6 rings (SSSR count). The molecule has 0 unspecified atom stereocenters. The zero-order valence-corrected chi connectivity index (χ0v) is 22.9. The van der Waals surface area contributed by atoms with E-state index in [2.05, 4.69) is 25.0 Å². The number of fused-ring (bicyclic) bond motifs is 1. The molecule has 4 aromatic rings. The monoisotopic (exact) mass is 550 g/mol. The van der Waals surface area contributed by atoms with Gasteiger partial charge in [0.05, 0.1) is 11.3 Å². The maximum Gasteiger partial charge on any atom is 0.295 e. The fourth-order valence-corrected chi connectivity index (χ4v) is 4.63. The molecule has 5 heterocycles. The molecule has 11 nitrogen and oxygen atoms in total. The van der Waals surface area contributed by atoms with Gasteiger partial charge in [-0.1, -0.05) is 44.2 Å². The molecule has 41 heavy (non-hydrogen) atoms. The first kappa shape index (κ1) is 27.4. The van der Waals surface area contributed by atoms with Crippen molar-refractivity contribution in [1.82, 2.24) is 34.5 Å². The van der Waals surface area contributed by atoms with Gasteiger partial charge in [0.25, 0.3) is 17.6 Å². The minimum absolute atomic E-state index is 0.0877. The lowest BCUT2D eigenvalue weighted by molar-refractivity contribution is -0.127. The summed E-state index contributed by atoms with van der Waals surface area (Å²) in [5.74, 6) is -0.940. The van der Waals surface area contributed by atoms with E-state index in [1.165, 1.54) is 17.4 Å². The standard InChI is InChI=1S/C28H24N8O3.C2H6/c37-25(28(39)35-15-13-34(14-16-35)27(38)19-7-3-1-4-8-19)20-17-30-24-23(20)31-18-32-26(24)36-12-10-22(33-36)21-9-5-2-6-11-29-21;1-2/h1-5,7-12,17-18,30H,6,13-16H2;1-2H3. The Bertz CT molecular complexity index is 1660. The number of benzene rings is 1. The number of hydrogen-bond acceptors (Lipinski definition) is 7. The first-order valence-electron chi connectivity index (χ1n) is 13.6. The van der Waals surface area contributed by atoms with Crippen molar-refractivity contribution in [2.75, 3.05) is 26.2 Å². The van der Waals surface area contributed by atoms with E-state index < -0.39 is 11.7 Å². The number of piperazine rings is 1. The first-order valence-corrected chi connectivity index (χ1v) is 13.6. The van der Waals surface area contributed by atoms with Gasteiger partial charge in [0.2, 0.25) is 0 Å². The van der Waals surface area contributed by atoms with Crippen LogP contribution in [0.5, 0.6) is 0 Å². The van der Waals surface area contributed by atoms with Crippen LogP contribution in [0.4, 0.5) is 0 Å². The van der Waals surface area contributed by atoms with Crippen LogP contribution in [0.2, 0.25) is 0 Å². The highest BCUT2D eigenvalue weighted by Gasteiger charge is 2.31. The van der Waals surface area contributed by atoms with E-state index in [1.807, 2.05) is 62.6 Å². The Morgan fingerprint density at radius 2 is 1.68 bits per heavy atom. The molecule has 3 aromatic heterocycles. The van der Waals surface area contributed by atoms with Crippen LogP contribution in [0.3, 0.4) is 0 Å². The van der Waals surface area contributed by atoms with Crippen LogP contribution in [0.25, 0.3) is 22.5 Å². The van der Waals surface area contributed by atoms with Gasteiger partial charge >= 0.3 is 0 Å². The second kappa shape index (κ2) is 12.3. The third-order valence-electron chi connectivity index (χ3n) is 6.69. The number of nitrogens with one attached hydrogen (secondary N) is 1. The fraction of sp³-hybridized carbons (Fsp3) is 0.233. The van der Waals surface area contributed by atoms with Gasteiger partial charge in [-0.3, -0.25) is 19.4 Å². The second-order valence-electron chi connectivity index (χ2n) is 9.08. The molecule has 0 aliphatic carbocycles. The van der Waals surface area contributed by atoms with Crippen molar-refractivity contribution in [2.24, 2.45) is 4.99 Å². The molecule has 1 N–H and O–H groups in total. The Kier molecular flexibility index (Phi) is 8.23. The van der Waals surface area contributed by atoms with E-state index in [1.54, 1.807) is 27.9 Å². The molecule has 0 saturated carbocycles. The number of H-pyrrole nitrogens is 1. The number of nitrogens with zero attached hydrogens (tertiary/aromatic N) is 7. The number of carbonyl (C=O) groups is 3. The quantitative estimate of drug-likeness (QED) is 0.298. The summed E-state index contributed by atoms with van der Waals surface area (Å²) < 4.78 is 1.58. The summed E-state index contributed by atoms with van der Waals surface area (Å²) in [6, 6.07) is 10.8. The molecule has 2 amide bonds. The lowest BCUT2D eigenvalue weighted by atomic mass is 10.1. The lowest BCUT2D eigenvalue weighted by Crippen LogP contribution is -2.52. The van der Waals surface area contributed by atoms with Crippen LogP contribution in [-0.4, -0.2) is 84.5 Å². The minimum atomic E-state index is -0.667. The Hall–Kier alpha value is -5.19. The van der Waals surface area contributed by atoms with Crippen molar-refractivity contribution in [1.29, 1.82) is 0 Å². The molecule has 0 spiro atoms. The Morgan fingerprint density at radius 3 is 2.46 bits per heavy atom. The number of aromatic nitrogens is 5. The number of allylic oxidation sites excluding steroid dienone is 3. The number of amides is 2. The fourth-order valence-electron chi connectivity index (χ4n) is 4.63. The Labute approximate surface area is 236 Å².